The predicted molar refractivity (Wildman–Crippen MR) is 121 cm³/mol. The minimum Gasteiger partial charge on any atom is -0.236 e. The second-order valence-corrected chi connectivity index (χ2v) is 7.85. The van der Waals surface area contributed by atoms with Crippen molar-refractivity contribution in [1.82, 2.24) is 19.9 Å². The molecule has 0 aliphatic rings. The van der Waals surface area contributed by atoms with E-state index in [1.165, 1.54) is 0 Å². The van der Waals surface area contributed by atoms with Crippen LogP contribution in [0.5, 0.6) is 0 Å². The van der Waals surface area contributed by atoms with Gasteiger partial charge in [-0.15, -0.1) is 0 Å². The summed E-state index contributed by atoms with van der Waals surface area (Å²) < 4.78 is 0. The average Bonchev–Trinajstić information content (AvgIpc) is 2.80. The molecule has 31 heavy (non-hydrogen) atoms. The minimum atomic E-state index is 0.416. The molecule has 0 amide bonds. The number of nitriles is 1. The second kappa shape index (κ2) is 9.27. The van der Waals surface area contributed by atoms with Gasteiger partial charge < -0.3 is 0 Å². The summed E-state index contributed by atoms with van der Waals surface area (Å²) in [4.78, 5) is 18.7. The van der Waals surface area contributed by atoms with Crippen LogP contribution in [0.15, 0.2) is 73.1 Å². The van der Waals surface area contributed by atoms with Gasteiger partial charge in [-0.25, -0.2) is 19.9 Å². The summed E-state index contributed by atoms with van der Waals surface area (Å²) in [7, 11) is 0. The van der Waals surface area contributed by atoms with Crippen LogP contribution < -0.4 is 0 Å². The summed E-state index contributed by atoms with van der Waals surface area (Å²) >= 11 is 0. The first-order chi connectivity index (χ1) is 15.1. The van der Waals surface area contributed by atoms with E-state index in [-0.39, 0.29) is 0 Å². The zero-order valence-electron chi connectivity index (χ0n) is 17.7. The highest BCUT2D eigenvalue weighted by Crippen LogP contribution is 2.25. The first-order valence-electron chi connectivity index (χ1n) is 10.4. The fourth-order valence-corrected chi connectivity index (χ4v) is 3.44. The van der Waals surface area contributed by atoms with Crippen LogP contribution in [0.25, 0.3) is 22.8 Å². The van der Waals surface area contributed by atoms with Crippen molar-refractivity contribution in [2.45, 2.75) is 26.7 Å². The van der Waals surface area contributed by atoms with Crippen molar-refractivity contribution in [2.75, 3.05) is 0 Å². The molecule has 0 spiro atoms. The molecule has 0 aliphatic heterocycles. The second-order valence-electron chi connectivity index (χ2n) is 7.85. The summed E-state index contributed by atoms with van der Waals surface area (Å²) in [5.74, 6) is 1.66. The van der Waals surface area contributed by atoms with Gasteiger partial charge in [0.15, 0.2) is 11.6 Å². The van der Waals surface area contributed by atoms with Gasteiger partial charge in [0.25, 0.3) is 0 Å². The summed E-state index contributed by atoms with van der Waals surface area (Å²) in [5, 5.41) is 9.54. The van der Waals surface area contributed by atoms with Gasteiger partial charge in [-0.3, -0.25) is 0 Å². The van der Waals surface area contributed by atoms with Crippen LogP contribution in [0.2, 0.25) is 0 Å². The van der Waals surface area contributed by atoms with Gasteiger partial charge >= 0.3 is 0 Å². The molecule has 0 N–H and O–H groups in total. The van der Waals surface area contributed by atoms with Crippen molar-refractivity contribution in [3.63, 3.8) is 0 Å². The smallest absolute Gasteiger partial charge is 0.162 e. The molecular formula is C26H23N5. The molecule has 4 aromatic rings. The van der Waals surface area contributed by atoms with E-state index >= 15 is 0 Å². The Kier molecular flexibility index (Phi) is 6.09. The number of hydrogen-bond donors (Lipinski definition) is 0. The van der Waals surface area contributed by atoms with Gasteiger partial charge in [-0.1, -0.05) is 74.5 Å². The lowest BCUT2D eigenvalue weighted by Gasteiger charge is -2.13. The molecular weight excluding hydrogens is 382 g/mol. The molecule has 0 unspecified atom stereocenters. The molecule has 0 aliphatic carbocycles. The molecule has 4 rings (SSSR count). The molecule has 0 saturated carbocycles. The molecule has 0 bridgehead atoms. The Hall–Kier alpha value is -3.91. The van der Waals surface area contributed by atoms with Gasteiger partial charge in [0.05, 0.1) is 22.5 Å². The van der Waals surface area contributed by atoms with Gasteiger partial charge in [0, 0.05) is 24.4 Å². The van der Waals surface area contributed by atoms with E-state index in [0.29, 0.717) is 35.2 Å². The third-order valence-electron chi connectivity index (χ3n) is 4.94. The lowest BCUT2D eigenvalue weighted by atomic mass is 10.0. The lowest BCUT2D eigenvalue weighted by Crippen LogP contribution is -2.07. The molecule has 2 heterocycles. The summed E-state index contributed by atoms with van der Waals surface area (Å²) in [6.45, 7) is 4.32. The van der Waals surface area contributed by atoms with E-state index in [2.05, 4.69) is 29.9 Å². The van der Waals surface area contributed by atoms with Crippen LogP contribution >= 0.6 is 0 Å². The first-order valence-corrected chi connectivity index (χ1v) is 10.4. The third-order valence-corrected chi connectivity index (χ3v) is 4.94. The molecule has 5 nitrogen and oxygen atoms in total. The molecule has 2 aromatic heterocycles. The van der Waals surface area contributed by atoms with Gasteiger partial charge in [-0.2, -0.15) is 5.26 Å². The van der Waals surface area contributed by atoms with Crippen LogP contribution in [-0.2, 0) is 12.8 Å². The zero-order valence-corrected chi connectivity index (χ0v) is 17.7. The first kappa shape index (κ1) is 20.4. The van der Waals surface area contributed by atoms with Crippen molar-refractivity contribution in [3.8, 4) is 28.8 Å². The van der Waals surface area contributed by atoms with Gasteiger partial charge in [-0.05, 0) is 17.9 Å². The van der Waals surface area contributed by atoms with Crippen LogP contribution in [-0.4, -0.2) is 19.9 Å². The van der Waals surface area contributed by atoms with Crippen LogP contribution in [0.1, 0.15) is 36.4 Å². The Balaban J connectivity index is 1.77. The molecule has 0 radical (unpaired) electrons. The monoisotopic (exact) mass is 405 g/mol. The zero-order chi connectivity index (χ0) is 21.6. The van der Waals surface area contributed by atoms with Gasteiger partial charge in [0.1, 0.15) is 6.07 Å². The highest BCUT2D eigenvalue weighted by atomic mass is 14.9. The summed E-state index contributed by atoms with van der Waals surface area (Å²) in [6, 6.07) is 22.2. The summed E-state index contributed by atoms with van der Waals surface area (Å²) in [5.41, 5.74) is 5.00. The summed E-state index contributed by atoms with van der Waals surface area (Å²) in [6.07, 6.45) is 4.77. The van der Waals surface area contributed by atoms with Crippen molar-refractivity contribution >= 4 is 0 Å². The number of nitrogens with zero attached hydrogens (tertiary/aromatic N) is 5. The molecule has 0 atom stereocenters. The Morgan fingerprint density at radius 2 is 1.45 bits per heavy atom. The molecule has 0 saturated heterocycles. The molecule has 152 valence electrons. The minimum absolute atomic E-state index is 0.416. The van der Waals surface area contributed by atoms with Crippen molar-refractivity contribution in [3.05, 3.63) is 95.6 Å². The Morgan fingerprint density at radius 1 is 0.806 bits per heavy atom. The highest BCUT2D eigenvalue weighted by Gasteiger charge is 2.16. The van der Waals surface area contributed by atoms with E-state index < -0.39 is 0 Å². The fraction of sp³-hybridized carbons (Fsp3) is 0.192. The molecule has 2 aromatic carbocycles. The maximum absolute atomic E-state index is 9.54. The highest BCUT2D eigenvalue weighted by molar-refractivity contribution is 5.62. The van der Waals surface area contributed by atoms with Gasteiger partial charge in [0.2, 0.25) is 0 Å². The predicted octanol–water partition coefficient (Wildman–Crippen LogP) is 5.26. The quantitative estimate of drug-likeness (QED) is 0.437. The van der Waals surface area contributed by atoms with Crippen molar-refractivity contribution in [2.24, 2.45) is 5.92 Å². The van der Waals surface area contributed by atoms with Crippen LogP contribution in [0, 0.1) is 17.2 Å². The lowest BCUT2D eigenvalue weighted by molar-refractivity contribution is 0.635. The van der Waals surface area contributed by atoms with E-state index in [9.17, 15) is 5.26 Å². The number of benzene rings is 2. The fourth-order valence-electron chi connectivity index (χ4n) is 3.44. The van der Waals surface area contributed by atoms with E-state index in [1.807, 2.05) is 60.7 Å². The maximum atomic E-state index is 9.54. The standard InChI is InChI=1S/C26H23N5/c1-18(2)13-24-22(17-29-25(31-24)20-11-7-4-8-12-20)26-28-16-21(15-27)23(30-26)14-19-9-5-3-6-10-19/h3-12,16-18H,13-14H2,1-2H3. The third kappa shape index (κ3) is 4.81. The average molecular weight is 406 g/mol. The van der Waals surface area contributed by atoms with Crippen LogP contribution in [0.4, 0.5) is 0 Å². The van der Waals surface area contributed by atoms with E-state index in [1.54, 1.807) is 12.4 Å². The topological polar surface area (TPSA) is 75.3 Å². The number of aromatic nitrogens is 4. The van der Waals surface area contributed by atoms with Crippen molar-refractivity contribution in [1.29, 1.82) is 5.26 Å². The Morgan fingerprint density at radius 3 is 2.13 bits per heavy atom. The number of hydrogen-bond acceptors (Lipinski definition) is 5. The van der Waals surface area contributed by atoms with Crippen molar-refractivity contribution < 1.29 is 0 Å². The largest absolute Gasteiger partial charge is 0.236 e. The molecule has 5 heteroatoms. The van der Waals surface area contributed by atoms with E-state index in [4.69, 9.17) is 9.97 Å². The maximum Gasteiger partial charge on any atom is 0.162 e. The normalized spacial score (nSPS) is 10.8. The number of rotatable bonds is 6. The molecule has 0 fully saturated rings. The van der Waals surface area contributed by atoms with E-state index in [0.717, 1.165) is 28.8 Å². The Bertz CT molecular complexity index is 1210. The Labute approximate surface area is 182 Å². The van der Waals surface area contributed by atoms with Crippen LogP contribution in [0.3, 0.4) is 0 Å². The SMILES string of the molecule is CC(C)Cc1nc(-c2ccccc2)ncc1-c1ncc(C#N)c(Cc2ccccc2)n1.